The largest absolute Gasteiger partial charge is 0.292 e. The minimum atomic E-state index is -1.61. The van der Waals surface area contributed by atoms with Gasteiger partial charge in [-0.3, -0.25) is 9.78 Å². The predicted octanol–water partition coefficient (Wildman–Crippen LogP) is 7.44. The van der Waals surface area contributed by atoms with E-state index in [1.54, 1.807) is 17.5 Å². The minimum Gasteiger partial charge on any atom is -0.292 e. The topological polar surface area (TPSA) is 42.9 Å². The third-order valence-electron chi connectivity index (χ3n) is 6.43. The number of Topliss-reactive ketones (excluding diaryl/α,β-unsaturated/α-hetero) is 1. The van der Waals surface area contributed by atoms with Gasteiger partial charge in [-0.15, -0.1) is 11.3 Å². The molecule has 1 unspecified atom stereocenters. The van der Waals surface area contributed by atoms with Crippen LogP contribution in [0.2, 0.25) is 0 Å². The normalized spacial score (nSPS) is 16.8. The summed E-state index contributed by atoms with van der Waals surface area (Å²) < 4.78 is 14.6. The fourth-order valence-corrected chi connectivity index (χ4v) is 5.27. The molecule has 0 radical (unpaired) electrons. The molecule has 0 amide bonds. The zero-order valence-electron chi connectivity index (χ0n) is 18.5. The average Bonchev–Trinajstić information content (AvgIpc) is 3.16. The highest BCUT2D eigenvalue weighted by Crippen LogP contribution is 2.34. The van der Waals surface area contributed by atoms with Gasteiger partial charge < -0.3 is 0 Å². The predicted molar refractivity (Wildman–Crippen MR) is 129 cm³/mol. The first-order valence-electron chi connectivity index (χ1n) is 11.3. The SMILES string of the molecule is C=CC(C)(F)c1cccc(-c2nc(C(=O)Cc3cnccc3C3CCCCCC3)cs2)c1. The number of ketones is 1. The third kappa shape index (κ3) is 5.04. The lowest BCUT2D eigenvalue weighted by molar-refractivity contribution is 0.0988. The molecule has 0 aliphatic heterocycles. The molecule has 1 saturated carbocycles. The van der Waals surface area contributed by atoms with Crippen LogP contribution in [0.25, 0.3) is 10.6 Å². The van der Waals surface area contributed by atoms with Gasteiger partial charge in [0.1, 0.15) is 10.7 Å². The molecule has 0 spiro atoms. The maximum Gasteiger partial charge on any atom is 0.186 e. The van der Waals surface area contributed by atoms with Gasteiger partial charge in [0.2, 0.25) is 0 Å². The monoisotopic (exact) mass is 448 g/mol. The number of nitrogens with zero attached hydrogens (tertiary/aromatic N) is 2. The third-order valence-corrected chi connectivity index (χ3v) is 7.33. The van der Waals surface area contributed by atoms with Crippen LogP contribution >= 0.6 is 11.3 Å². The van der Waals surface area contributed by atoms with Gasteiger partial charge in [0.05, 0.1) is 0 Å². The van der Waals surface area contributed by atoms with Crippen molar-refractivity contribution in [3.8, 4) is 10.6 Å². The van der Waals surface area contributed by atoms with Crippen molar-refractivity contribution in [3.05, 3.63) is 83.1 Å². The summed E-state index contributed by atoms with van der Waals surface area (Å²) in [5, 5.41) is 2.51. The van der Waals surface area contributed by atoms with Crippen LogP contribution in [0.15, 0.2) is 60.8 Å². The Kier molecular flexibility index (Phi) is 6.95. The Labute approximate surface area is 193 Å². The van der Waals surface area contributed by atoms with E-state index < -0.39 is 5.67 Å². The summed E-state index contributed by atoms with van der Waals surface area (Å²) in [6.45, 7) is 5.07. The number of aromatic nitrogens is 2. The Bertz CT molecular complexity index is 1100. The Morgan fingerprint density at radius 2 is 2.03 bits per heavy atom. The molecule has 1 aromatic carbocycles. The number of halogens is 1. The molecule has 3 aromatic rings. The number of carbonyl (C=O) groups excluding carboxylic acids is 1. The summed E-state index contributed by atoms with van der Waals surface area (Å²) in [7, 11) is 0. The second kappa shape index (κ2) is 9.86. The molecule has 166 valence electrons. The molecule has 4 rings (SSSR count). The van der Waals surface area contributed by atoms with Crippen LogP contribution in [0.3, 0.4) is 0 Å². The number of thiazole rings is 1. The van der Waals surface area contributed by atoms with Gasteiger partial charge in [-0.05, 0) is 54.5 Å². The number of hydrogen-bond donors (Lipinski definition) is 0. The van der Waals surface area contributed by atoms with Crippen LogP contribution in [0.1, 0.15) is 78.5 Å². The molecule has 1 atom stereocenters. The lowest BCUT2D eigenvalue weighted by atomic mass is 9.88. The van der Waals surface area contributed by atoms with E-state index in [1.165, 1.54) is 68.4 Å². The quantitative estimate of drug-likeness (QED) is 0.214. The van der Waals surface area contributed by atoms with E-state index >= 15 is 0 Å². The van der Waals surface area contributed by atoms with Crippen molar-refractivity contribution in [2.24, 2.45) is 0 Å². The van der Waals surface area contributed by atoms with Gasteiger partial charge in [-0.1, -0.05) is 56.5 Å². The number of alkyl halides is 1. The first-order valence-corrected chi connectivity index (χ1v) is 12.2. The summed E-state index contributed by atoms with van der Waals surface area (Å²) in [6.07, 6.45) is 12.7. The molecule has 1 fully saturated rings. The van der Waals surface area contributed by atoms with Crippen LogP contribution < -0.4 is 0 Å². The van der Waals surface area contributed by atoms with Crippen molar-refractivity contribution in [1.82, 2.24) is 9.97 Å². The van der Waals surface area contributed by atoms with E-state index in [9.17, 15) is 9.18 Å². The van der Waals surface area contributed by atoms with E-state index in [0.717, 1.165) is 11.1 Å². The number of allylic oxidation sites excluding steroid dienone is 1. The number of benzene rings is 1. The maximum absolute atomic E-state index is 14.6. The number of carbonyl (C=O) groups is 1. The van der Waals surface area contributed by atoms with Gasteiger partial charge in [-0.2, -0.15) is 0 Å². The van der Waals surface area contributed by atoms with Crippen molar-refractivity contribution in [2.45, 2.75) is 63.5 Å². The Hall–Kier alpha value is -2.66. The lowest BCUT2D eigenvalue weighted by Crippen LogP contribution is -2.10. The standard InChI is InChI=1S/C27H29FN2OS/c1-3-27(2,28)22-12-8-11-20(15-22)26-30-24(18-32-26)25(31)16-21-17-29-14-13-23(21)19-9-6-4-5-7-10-19/h3,8,11-15,17-19H,1,4-7,9-10,16H2,2H3. The average molecular weight is 449 g/mol. The summed E-state index contributed by atoms with van der Waals surface area (Å²) in [6, 6.07) is 9.30. The molecule has 1 aliphatic carbocycles. The molecule has 3 nitrogen and oxygen atoms in total. The maximum atomic E-state index is 14.6. The van der Waals surface area contributed by atoms with Gasteiger partial charge >= 0.3 is 0 Å². The first kappa shape index (κ1) is 22.5. The van der Waals surface area contributed by atoms with Crippen molar-refractivity contribution < 1.29 is 9.18 Å². The van der Waals surface area contributed by atoms with Crippen molar-refractivity contribution >= 4 is 17.1 Å². The molecule has 32 heavy (non-hydrogen) atoms. The fraction of sp³-hybridized carbons (Fsp3) is 0.370. The Morgan fingerprint density at radius 1 is 1.25 bits per heavy atom. The van der Waals surface area contributed by atoms with Crippen molar-refractivity contribution in [1.29, 1.82) is 0 Å². The van der Waals surface area contributed by atoms with Crippen LogP contribution in [-0.4, -0.2) is 15.8 Å². The van der Waals surface area contributed by atoms with Crippen LogP contribution in [0.5, 0.6) is 0 Å². The van der Waals surface area contributed by atoms with Crippen molar-refractivity contribution in [2.75, 3.05) is 0 Å². The first-order chi connectivity index (χ1) is 15.5. The molecule has 2 heterocycles. The van der Waals surface area contributed by atoms with E-state index in [1.807, 2.05) is 24.5 Å². The smallest absolute Gasteiger partial charge is 0.186 e. The van der Waals surface area contributed by atoms with Crippen LogP contribution in [-0.2, 0) is 12.1 Å². The second-order valence-corrected chi connectivity index (χ2v) is 9.62. The molecular formula is C27H29FN2OS. The Balaban J connectivity index is 1.53. The number of hydrogen-bond acceptors (Lipinski definition) is 4. The van der Waals surface area contributed by atoms with Crippen molar-refractivity contribution in [3.63, 3.8) is 0 Å². The zero-order valence-corrected chi connectivity index (χ0v) is 19.3. The highest BCUT2D eigenvalue weighted by atomic mass is 32.1. The van der Waals surface area contributed by atoms with E-state index in [-0.39, 0.29) is 5.78 Å². The summed E-state index contributed by atoms with van der Waals surface area (Å²) in [5.41, 5.74) is 2.46. The fourth-order valence-electron chi connectivity index (χ4n) is 4.45. The van der Waals surface area contributed by atoms with Gasteiger partial charge in [0, 0.05) is 29.8 Å². The summed E-state index contributed by atoms with van der Waals surface area (Å²) in [4.78, 5) is 22.0. The van der Waals surface area contributed by atoms with Gasteiger partial charge in [0.25, 0.3) is 0 Å². The highest BCUT2D eigenvalue weighted by Gasteiger charge is 2.23. The lowest BCUT2D eigenvalue weighted by Gasteiger charge is -2.18. The molecule has 0 bridgehead atoms. The van der Waals surface area contributed by atoms with Crippen LogP contribution in [0.4, 0.5) is 4.39 Å². The zero-order chi connectivity index (χ0) is 22.6. The molecular weight excluding hydrogens is 419 g/mol. The molecule has 1 aliphatic rings. The highest BCUT2D eigenvalue weighted by molar-refractivity contribution is 7.13. The van der Waals surface area contributed by atoms with Crippen LogP contribution in [0, 0.1) is 0 Å². The van der Waals surface area contributed by atoms with E-state index in [0.29, 0.717) is 28.6 Å². The number of rotatable bonds is 7. The van der Waals surface area contributed by atoms with Gasteiger partial charge in [0.15, 0.2) is 11.5 Å². The minimum absolute atomic E-state index is 0.00653. The summed E-state index contributed by atoms with van der Waals surface area (Å²) in [5.74, 6) is 0.504. The second-order valence-electron chi connectivity index (χ2n) is 8.76. The molecule has 2 aromatic heterocycles. The van der Waals surface area contributed by atoms with E-state index in [4.69, 9.17) is 0 Å². The van der Waals surface area contributed by atoms with Gasteiger partial charge in [-0.25, -0.2) is 9.37 Å². The molecule has 0 saturated heterocycles. The molecule has 5 heteroatoms. The number of pyridine rings is 1. The van der Waals surface area contributed by atoms with E-state index in [2.05, 4.69) is 22.6 Å². The Morgan fingerprint density at radius 3 is 2.78 bits per heavy atom. The summed E-state index contributed by atoms with van der Waals surface area (Å²) >= 11 is 1.41. The molecule has 0 N–H and O–H groups in total.